The second-order valence-electron chi connectivity index (χ2n) is 21.6. The molecule has 1 atom stereocenters. The lowest BCUT2D eigenvalue weighted by Crippen LogP contribution is -2.30. The Morgan fingerprint density at radius 1 is 0.273 bits per heavy atom. The number of rotatable bonds is 59. The van der Waals surface area contributed by atoms with Crippen LogP contribution in [-0.4, -0.2) is 37.2 Å². The average Bonchev–Trinajstić information content (AvgIpc) is 3.43. The highest BCUT2D eigenvalue weighted by molar-refractivity contribution is 5.71. The molecule has 0 aromatic carbocycles. The van der Waals surface area contributed by atoms with E-state index in [1.165, 1.54) is 173 Å². The van der Waals surface area contributed by atoms with Crippen LogP contribution in [-0.2, 0) is 28.6 Å². The summed E-state index contributed by atoms with van der Waals surface area (Å²) in [6.07, 6.45) is 87.0. The molecule has 0 aromatic rings. The molecule has 442 valence electrons. The number of carbonyl (C=O) groups excluding carboxylic acids is 3. The summed E-state index contributed by atoms with van der Waals surface area (Å²) in [6, 6.07) is 0. The van der Waals surface area contributed by atoms with E-state index in [9.17, 15) is 14.4 Å². The number of unbranched alkanes of at least 4 members (excludes halogenated alkanes) is 32. The van der Waals surface area contributed by atoms with Gasteiger partial charge in [-0.15, -0.1) is 0 Å². The van der Waals surface area contributed by atoms with E-state index in [4.69, 9.17) is 14.2 Å². The number of hydrogen-bond acceptors (Lipinski definition) is 6. The molecule has 0 heterocycles. The van der Waals surface area contributed by atoms with Gasteiger partial charge in [0.1, 0.15) is 13.2 Å². The fourth-order valence-electron chi connectivity index (χ4n) is 9.19. The van der Waals surface area contributed by atoms with Gasteiger partial charge in [0.15, 0.2) is 6.10 Å². The summed E-state index contributed by atoms with van der Waals surface area (Å²) in [5.74, 6) is -0.953. The lowest BCUT2D eigenvalue weighted by atomic mass is 10.0. The van der Waals surface area contributed by atoms with Crippen molar-refractivity contribution in [2.75, 3.05) is 13.2 Å². The van der Waals surface area contributed by atoms with Crippen LogP contribution in [0.4, 0.5) is 0 Å². The summed E-state index contributed by atoms with van der Waals surface area (Å²) in [5, 5.41) is 0. The van der Waals surface area contributed by atoms with Crippen molar-refractivity contribution in [3.8, 4) is 0 Å². The van der Waals surface area contributed by atoms with Crippen molar-refractivity contribution >= 4 is 17.9 Å². The standard InChI is InChI=1S/C71H122O6/c1-4-7-10-13-16-19-22-25-28-31-33-35-36-37-39-40-43-46-49-52-55-58-61-64-70(73)76-67-68(66-75-69(72)63-60-57-54-51-48-45-42-30-27-24-21-18-15-12-9-6-3)77-71(74)65-62-59-56-53-50-47-44-41-38-34-32-29-26-23-20-17-14-11-8-5-2/h7,10,16,19,25,28,30,33,35,37,39,42-43,46,52,55,68H,4-6,8-9,11-15,17-18,20-24,26-27,29,31-32,34,36,38,40-41,44-45,47-51,53-54,56-67H2,1-3H3/b10-7-,19-16-,28-25-,35-33-,39-37-,42-30-,46-43-,55-52-. The first-order valence-electron chi connectivity index (χ1n) is 32.7. The molecular weight excluding hydrogens is 949 g/mol. The molecule has 0 rings (SSSR count). The van der Waals surface area contributed by atoms with Gasteiger partial charge in [0.25, 0.3) is 0 Å². The second kappa shape index (κ2) is 64.9. The fraction of sp³-hybridized carbons (Fsp3) is 0.732. The van der Waals surface area contributed by atoms with Crippen LogP contribution in [0.1, 0.15) is 316 Å². The third kappa shape index (κ3) is 63.0. The summed E-state index contributed by atoms with van der Waals surface area (Å²) in [5.41, 5.74) is 0. The molecule has 0 saturated carbocycles. The first-order chi connectivity index (χ1) is 38.0. The minimum atomic E-state index is -0.805. The molecule has 0 fully saturated rings. The zero-order chi connectivity index (χ0) is 55.7. The Balaban J connectivity index is 4.46. The van der Waals surface area contributed by atoms with E-state index >= 15 is 0 Å². The minimum Gasteiger partial charge on any atom is -0.462 e. The van der Waals surface area contributed by atoms with Crippen LogP contribution in [0.15, 0.2) is 97.2 Å². The fourth-order valence-corrected chi connectivity index (χ4v) is 9.19. The third-order valence-electron chi connectivity index (χ3n) is 14.1. The molecule has 0 amide bonds. The van der Waals surface area contributed by atoms with Crippen molar-refractivity contribution < 1.29 is 28.6 Å². The number of ether oxygens (including phenoxy) is 3. The Bertz CT molecular complexity index is 1510. The van der Waals surface area contributed by atoms with Crippen LogP contribution >= 0.6 is 0 Å². The normalized spacial score (nSPS) is 12.7. The van der Waals surface area contributed by atoms with E-state index in [0.717, 1.165) is 96.3 Å². The van der Waals surface area contributed by atoms with Gasteiger partial charge in [0.05, 0.1) is 0 Å². The minimum absolute atomic E-state index is 0.0976. The zero-order valence-corrected chi connectivity index (χ0v) is 50.7. The van der Waals surface area contributed by atoms with Gasteiger partial charge in [0, 0.05) is 19.3 Å². The molecule has 0 bridgehead atoms. The number of esters is 3. The number of carbonyl (C=O) groups is 3. The monoisotopic (exact) mass is 1070 g/mol. The van der Waals surface area contributed by atoms with E-state index in [-0.39, 0.29) is 37.5 Å². The van der Waals surface area contributed by atoms with Crippen LogP contribution in [0.3, 0.4) is 0 Å². The molecular formula is C71H122O6. The topological polar surface area (TPSA) is 78.9 Å². The highest BCUT2D eigenvalue weighted by atomic mass is 16.6. The van der Waals surface area contributed by atoms with Crippen molar-refractivity contribution in [3.63, 3.8) is 0 Å². The highest BCUT2D eigenvalue weighted by Gasteiger charge is 2.19. The highest BCUT2D eigenvalue weighted by Crippen LogP contribution is 2.17. The lowest BCUT2D eigenvalue weighted by molar-refractivity contribution is -0.167. The first-order valence-corrected chi connectivity index (χ1v) is 32.7. The predicted octanol–water partition coefficient (Wildman–Crippen LogP) is 22.4. The summed E-state index contributed by atoms with van der Waals surface area (Å²) >= 11 is 0. The van der Waals surface area contributed by atoms with Gasteiger partial charge in [-0.3, -0.25) is 14.4 Å². The molecule has 0 N–H and O–H groups in total. The van der Waals surface area contributed by atoms with Crippen LogP contribution in [0.2, 0.25) is 0 Å². The van der Waals surface area contributed by atoms with Crippen molar-refractivity contribution in [3.05, 3.63) is 97.2 Å². The predicted molar refractivity (Wildman–Crippen MR) is 334 cm³/mol. The maximum absolute atomic E-state index is 12.9. The molecule has 0 aliphatic carbocycles. The van der Waals surface area contributed by atoms with Crippen molar-refractivity contribution in [2.24, 2.45) is 0 Å². The Hall–Kier alpha value is -3.67. The molecule has 0 aliphatic heterocycles. The summed E-state index contributed by atoms with van der Waals surface area (Å²) in [7, 11) is 0. The van der Waals surface area contributed by atoms with Gasteiger partial charge in [-0.1, -0.05) is 298 Å². The summed E-state index contributed by atoms with van der Waals surface area (Å²) in [6.45, 7) is 6.51. The Morgan fingerprint density at radius 2 is 0.519 bits per heavy atom. The van der Waals surface area contributed by atoms with Gasteiger partial charge < -0.3 is 14.2 Å². The first kappa shape index (κ1) is 73.3. The van der Waals surface area contributed by atoms with Crippen LogP contribution in [0.25, 0.3) is 0 Å². The van der Waals surface area contributed by atoms with Gasteiger partial charge in [-0.05, 0) is 96.3 Å². The molecule has 77 heavy (non-hydrogen) atoms. The third-order valence-corrected chi connectivity index (χ3v) is 14.1. The maximum atomic E-state index is 12.9. The van der Waals surface area contributed by atoms with Gasteiger partial charge >= 0.3 is 17.9 Å². The molecule has 0 radical (unpaired) electrons. The number of hydrogen-bond donors (Lipinski definition) is 0. The quantitative estimate of drug-likeness (QED) is 0.0261. The molecule has 1 unspecified atom stereocenters. The smallest absolute Gasteiger partial charge is 0.306 e. The van der Waals surface area contributed by atoms with Crippen molar-refractivity contribution in [1.82, 2.24) is 0 Å². The average molecular weight is 1070 g/mol. The largest absolute Gasteiger partial charge is 0.462 e. The van der Waals surface area contributed by atoms with Crippen LogP contribution in [0, 0.1) is 0 Å². The molecule has 0 aromatic heterocycles. The van der Waals surface area contributed by atoms with Gasteiger partial charge in [-0.25, -0.2) is 0 Å². The molecule has 0 spiro atoms. The van der Waals surface area contributed by atoms with E-state index in [2.05, 4.69) is 118 Å². The number of allylic oxidation sites excluding steroid dienone is 16. The van der Waals surface area contributed by atoms with Gasteiger partial charge in [-0.2, -0.15) is 0 Å². The molecule has 0 aliphatic rings. The SMILES string of the molecule is CC/C=C\C/C=C\C/C=C\C/C=C\C/C=C\C/C=C\C/C=C\CCCC(=O)OCC(COC(=O)CCCCCCC/C=C\CCCCCCCCC)OC(=O)CCCCCCCCCCCCCCCCCCCCCC. The maximum Gasteiger partial charge on any atom is 0.306 e. The summed E-state index contributed by atoms with van der Waals surface area (Å²) in [4.78, 5) is 38.3. The van der Waals surface area contributed by atoms with E-state index in [1.54, 1.807) is 0 Å². The van der Waals surface area contributed by atoms with Crippen molar-refractivity contribution in [1.29, 1.82) is 0 Å². The van der Waals surface area contributed by atoms with E-state index < -0.39 is 6.10 Å². The van der Waals surface area contributed by atoms with E-state index in [1.807, 2.05) is 0 Å². The Labute approximate surface area is 477 Å². The van der Waals surface area contributed by atoms with Crippen LogP contribution in [0.5, 0.6) is 0 Å². The van der Waals surface area contributed by atoms with Crippen LogP contribution < -0.4 is 0 Å². The molecule has 0 saturated heterocycles. The zero-order valence-electron chi connectivity index (χ0n) is 50.7. The Morgan fingerprint density at radius 3 is 0.857 bits per heavy atom. The second-order valence-corrected chi connectivity index (χ2v) is 21.6. The van der Waals surface area contributed by atoms with E-state index in [0.29, 0.717) is 19.3 Å². The Kier molecular flexibility index (Phi) is 61.8. The molecule has 6 heteroatoms. The van der Waals surface area contributed by atoms with Gasteiger partial charge in [0.2, 0.25) is 0 Å². The van der Waals surface area contributed by atoms with Crippen molar-refractivity contribution in [2.45, 2.75) is 322 Å². The lowest BCUT2D eigenvalue weighted by Gasteiger charge is -2.18. The summed E-state index contributed by atoms with van der Waals surface area (Å²) < 4.78 is 16.9. The molecule has 6 nitrogen and oxygen atoms in total.